The molecule has 0 bridgehead atoms. The molecule has 1 aliphatic carbocycles. The van der Waals surface area contributed by atoms with Crippen molar-refractivity contribution in [3.8, 4) is 0 Å². The van der Waals surface area contributed by atoms with E-state index in [-0.39, 0.29) is 12.5 Å². The van der Waals surface area contributed by atoms with Crippen molar-refractivity contribution in [1.29, 1.82) is 0 Å². The van der Waals surface area contributed by atoms with Crippen LogP contribution in [0.25, 0.3) is 6.08 Å². The van der Waals surface area contributed by atoms with Crippen molar-refractivity contribution in [1.82, 2.24) is 5.32 Å². The molecule has 1 aromatic rings. The van der Waals surface area contributed by atoms with Gasteiger partial charge >= 0.3 is 0 Å². The number of amides is 1. The highest BCUT2D eigenvalue weighted by molar-refractivity contribution is 5.92. The Kier molecular flexibility index (Phi) is 4.79. The lowest BCUT2D eigenvalue weighted by Gasteiger charge is -2.36. The average molecular weight is 274 g/mol. The smallest absolute Gasteiger partial charge is 0.244 e. The molecule has 0 saturated heterocycles. The number of carbonyl (C=O) groups is 1. The van der Waals surface area contributed by atoms with Crippen molar-refractivity contribution >= 4 is 17.7 Å². The molecule has 1 aromatic carbocycles. The fraction of sp³-hybridized carbons (Fsp3) is 0.438. The van der Waals surface area contributed by atoms with Crippen LogP contribution in [0.2, 0.25) is 0 Å². The summed E-state index contributed by atoms with van der Waals surface area (Å²) in [5, 5.41) is 12.5. The minimum atomic E-state index is -0.430. The molecule has 4 nitrogen and oxygen atoms in total. The molecule has 0 aliphatic heterocycles. The van der Waals surface area contributed by atoms with Crippen LogP contribution in [0.1, 0.15) is 37.7 Å². The van der Waals surface area contributed by atoms with Gasteiger partial charge in [-0.25, -0.2) is 0 Å². The van der Waals surface area contributed by atoms with E-state index in [0.717, 1.165) is 31.2 Å². The van der Waals surface area contributed by atoms with Gasteiger partial charge in [0.15, 0.2) is 0 Å². The third kappa shape index (κ3) is 3.84. The molecule has 4 N–H and O–H groups in total. The lowest BCUT2D eigenvalue weighted by molar-refractivity contribution is -0.119. The van der Waals surface area contributed by atoms with Crippen molar-refractivity contribution in [2.24, 2.45) is 0 Å². The molecular formula is C16H22N2O2. The quantitative estimate of drug-likeness (QED) is 0.581. The molecule has 4 heteroatoms. The van der Waals surface area contributed by atoms with Gasteiger partial charge in [0, 0.05) is 11.8 Å². The number of nitrogens with two attached hydrogens (primary N) is 1. The first kappa shape index (κ1) is 14.6. The zero-order chi connectivity index (χ0) is 14.4. The van der Waals surface area contributed by atoms with E-state index in [1.165, 1.54) is 12.5 Å². The standard InChI is InChI=1S/C16H22N2O2/c17-14-7-4-13(5-8-14)6-9-15(20)18-16(12-19)10-2-1-3-11-16/h4-9,19H,1-3,10-12,17H2,(H,18,20)/b9-6+. The Balaban J connectivity index is 1.95. The largest absolute Gasteiger partial charge is 0.399 e. The van der Waals surface area contributed by atoms with Crippen LogP contribution in [0.4, 0.5) is 5.69 Å². The second-order valence-electron chi connectivity index (χ2n) is 5.49. The number of benzene rings is 1. The summed E-state index contributed by atoms with van der Waals surface area (Å²) in [6, 6.07) is 7.32. The first-order chi connectivity index (χ1) is 9.63. The predicted molar refractivity (Wildman–Crippen MR) is 80.9 cm³/mol. The van der Waals surface area contributed by atoms with Crippen LogP contribution >= 0.6 is 0 Å². The molecular weight excluding hydrogens is 252 g/mol. The van der Waals surface area contributed by atoms with Gasteiger partial charge in [-0.05, 0) is 36.6 Å². The maximum absolute atomic E-state index is 12.0. The molecule has 0 aromatic heterocycles. The van der Waals surface area contributed by atoms with E-state index in [1.54, 1.807) is 18.2 Å². The predicted octanol–water partition coefficient (Wildman–Crippen LogP) is 2.09. The number of aliphatic hydroxyl groups is 1. The van der Waals surface area contributed by atoms with Crippen LogP contribution in [0.5, 0.6) is 0 Å². The Bertz CT molecular complexity index is 474. The van der Waals surface area contributed by atoms with Crippen molar-refractivity contribution in [2.45, 2.75) is 37.6 Å². The van der Waals surface area contributed by atoms with E-state index in [0.29, 0.717) is 5.69 Å². The second-order valence-corrected chi connectivity index (χ2v) is 5.49. The van der Waals surface area contributed by atoms with Gasteiger partial charge < -0.3 is 16.2 Å². The van der Waals surface area contributed by atoms with Crippen LogP contribution in [0.15, 0.2) is 30.3 Å². The van der Waals surface area contributed by atoms with Gasteiger partial charge in [-0.2, -0.15) is 0 Å². The topological polar surface area (TPSA) is 75.4 Å². The highest BCUT2D eigenvalue weighted by Crippen LogP contribution is 2.27. The molecule has 1 fully saturated rings. The van der Waals surface area contributed by atoms with E-state index < -0.39 is 5.54 Å². The van der Waals surface area contributed by atoms with Gasteiger partial charge in [-0.15, -0.1) is 0 Å². The second kappa shape index (κ2) is 6.57. The normalized spacial score (nSPS) is 18.1. The molecule has 1 saturated carbocycles. The number of anilines is 1. The van der Waals surface area contributed by atoms with E-state index >= 15 is 0 Å². The summed E-state index contributed by atoms with van der Waals surface area (Å²) in [6.07, 6.45) is 8.26. The summed E-state index contributed by atoms with van der Waals surface area (Å²) < 4.78 is 0. The van der Waals surface area contributed by atoms with Gasteiger partial charge in [0.2, 0.25) is 5.91 Å². The van der Waals surface area contributed by atoms with E-state index in [4.69, 9.17) is 5.73 Å². The summed E-state index contributed by atoms with van der Waals surface area (Å²) in [5.41, 5.74) is 6.81. The Labute approximate surface area is 119 Å². The summed E-state index contributed by atoms with van der Waals surface area (Å²) >= 11 is 0. The minimum Gasteiger partial charge on any atom is -0.399 e. The van der Waals surface area contributed by atoms with Crippen molar-refractivity contribution in [2.75, 3.05) is 12.3 Å². The Morgan fingerprint density at radius 3 is 2.50 bits per heavy atom. The Morgan fingerprint density at radius 2 is 1.90 bits per heavy atom. The molecule has 0 unspecified atom stereocenters. The fourth-order valence-corrected chi connectivity index (χ4v) is 2.63. The number of hydrogen-bond donors (Lipinski definition) is 3. The molecule has 0 radical (unpaired) electrons. The van der Waals surface area contributed by atoms with E-state index in [1.807, 2.05) is 12.1 Å². The number of nitrogen functional groups attached to an aromatic ring is 1. The molecule has 1 amide bonds. The average Bonchev–Trinajstić information content (AvgIpc) is 2.47. The third-order valence-corrected chi connectivity index (χ3v) is 3.87. The molecule has 0 atom stereocenters. The van der Waals surface area contributed by atoms with Crippen molar-refractivity contribution < 1.29 is 9.90 Å². The summed E-state index contributed by atoms with van der Waals surface area (Å²) in [7, 11) is 0. The molecule has 1 aliphatic rings. The lowest BCUT2D eigenvalue weighted by Crippen LogP contribution is -2.52. The number of carbonyl (C=O) groups excluding carboxylic acids is 1. The third-order valence-electron chi connectivity index (χ3n) is 3.87. The Morgan fingerprint density at radius 1 is 1.25 bits per heavy atom. The van der Waals surface area contributed by atoms with Crippen LogP contribution in [-0.2, 0) is 4.79 Å². The zero-order valence-corrected chi connectivity index (χ0v) is 11.6. The van der Waals surface area contributed by atoms with Crippen LogP contribution in [0, 0.1) is 0 Å². The summed E-state index contributed by atoms with van der Waals surface area (Å²) in [4.78, 5) is 12.0. The molecule has 20 heavy (non-hydrogen) atoms. The number of rotatable bonds is 4. The monoisotopic (exact) mass is 274 g/mol. The summed E-state index contributed by atoms with van der Waals surface area (Å²) in [5.74, 6) is -0.155. The number of aliphatic hydroxyl groups excluding tert-OH is 1. The first-order valence-electron chi connectivity index (χ1n) is 7.10. The van der Waals surface area contributed by atoms with Gasteiger partial charge in [0.05, 0.1) is 12.1 Å². The van der Waals surface area contributed by atoms with Crippen LogP contribution in [0.3, 0.4) is 0 Å². The van der Waals surface area contributed by atoms with Gasteiger partial charge in [-0.1, -0.05) is 31.4 Å². The maximum atomic E-state index is 12.0. The number of hydrogen-bond acceptors (Lipinski definition) is 3. The number of nitrogens with one attached hydrogen (secondary N) is 1. The molecule has 108 valence electrons. The SMILES string of the molecule is Nc1ccc(/C=C/C(=O)NC2(CO)CCCCC2)cc1. The van der Waals surface area contributed by atoms with Gasteiger partial charge in [-0.3, -0.25) is 4.79 Å². The first-order valence-corrected chi connectivity index (χ1v) is 7.10. The molecule has 2 rings (SSSR count). The molecule has 0 heterocycles. The summed E-state index contributed by atoms with van der Waals surface area (Å²) in [6.45, 7) is 0.00838. The van der Waals surface area contributed by atoms with Gasteiger partial charge in [0.1, 0.15) is 0 Å². The van der Waals surface area contributed by atoms with Crippen molar-refractivity contribution in [3.63, 3.8) is 0 Å². The van der Waals surface area contributed by atoms with Crippen LogP contribution < -0.4 is 11.1 Å². The zero-order valence-electron chi connectivity index (χ0n) is 11.6. The highest BCUT2D eigenvalue weighted by atomic mass is 16.3. The molecule has 0 spiro atoms. The van der Waals surface area contributed by atoms with E-state index in [2.05, 4.69) is 5.32 Å². The highest BCUT2D eigenvalue weighted by Gasteiger charge is 2.32. The fourth-order valence-electron chi connectivity index (χ4n) is 2.63. The van der Waals surface area contributed by atoms with E-state index in [9.17, 15) is 9.90 Å². The minimum absolute atomic E-state index is 0.00838. The lowest BCUT2D eigenvalue weighted by atomic mass is 9.82. The Hall–Kier alpha value is -1.81. The van der Waals surface area contributed by atoms with Crippen LogP contribution in [-0.4, -0.2) is 23.2 Å². The van der Waals surface area contributed by atoms with Crippen molar-refractivity contribution in [3.05, 3.63) is 35.9 Å². The maximum Gasteiger partial charge on any atom is 0.244 e. The van der Waals surface area contributed by atoms with Gasteiger partial charge in [0.25, 0.3) is 0 Å².